The molecule has 3 rings (SSSR count). The van der Waals surface area contributed by atoms with E-state index >= 15 is 0 Å². The highest BCUT2D eigenvalue weighted by atomic mass is 32.1. The molecule has 0 spiro atoms. The van der Waals surface area contributed by atoms with Gasteiger partial charge in [0.2, 0.25) is 0 Å². The minimum Gasteiger partial charge on any atom is -0.291 e. The topological polar surface area (TPSA) is 79.8 Å². The van der Waals surface area contributed by atoms with Gasteiger partial charge in [-0.3, -0.25) is 15.6 Å². The van der Waals surface area contributed by atoms with Gasteiger partial charge >= 0.3 is 6.03 Å². The van der Waals surface area contributed by atoms with Crippen molar-refractivity contribution in [1.29, 1.82) is 0 Å². The second-order valence-corrected chi connectivity index (χ2v) is 5.44. The fourth-order valence-electron chi connectivity index (χ4n) is 1.49. The van der Waals surface area contributed by atoms with Crippen molar-refractivity contribution in [3.8, 4) is 10.6 Å². The first-order chi connectivity index (χ1) is 9.81. The fraction of sp³-hybridized carbons (Fsp3) is 0. The summed E-state index contributed by atoms with van der Waals surface area (Å²) in [6.07, 6.45) is 5.04. The number of anilines is 2. The highest BCUT2D eigenvalue weighted by molar-refractivity contribution is 7.14. The zero-order valence-electron chi connectivity index (χ0n) is 10.1. The number of thiazole rings is 2. The zero-order chi connectivity index (χ0) is 13.8. The number of urea groups is 1. The summed E-state index contributed by atoms with van der Waals surface area (Å²) in [5, 5.41) is 10.3. The van der Waals surface area contributed by atoms with Crippen molar-refractivity contribution < 1.29 is 4.79 Å². The van der Waals surface area contributed by atoms with E-state index in [2.05, 4.69) is 25.6 Å². The van der Waals surface area contributed by atoms with Crippen LogP contribution >= 0.6 is 22.7 Å². The number of carbonyl (C=O) groups is 1. The van der Waals surface area contributed by atoms with Crippen LogP contribution in [0.4, 0.5) is 15.7 Å². The number of aromatic nitrogens is 3. The number of rotatable bonds is 3. The minimum absolute atomic E-state index is 0.355. The Morgan fingerprint density at radius 1 is 1.10 bits per heavy atom. The van der Waals surface area contributed by atoms with Crippen LogP contribution in [0.2, 0.25) is 0 Å². The summed E-state index contributed by atoms with van der Waals surface area (Å²) in [6.45, 7) is 0. The molecule has 0 unspecified atom stereocenters. The molecule has 3 aromatic heterocycles. The molecule has 0 saturated carbocycles. The van der Waals surface area contributed by atoms with Gasteiger partial charge in [-0.15, -0.1) is 22.7 Å². The van der Waals surface area contributed by atoms with Gasteiger partial charge in [-0.05, 0) is 12.1 Å². The summed E-state index contributed by atoms with van der Waals surface area (Å²) in [5.74, 6) is 0.510. The van der Waals surface area contributed by atoms with Crippen LogP contribution in [0.3, 0.4) is 0 Å². The fourth-order valence-corrected chi connectivity index (χ4v) is 2.77. The van der Waals surface area contributed by atoms with Gasteiger partial charge in [0, 0.05) is 34.9 Å². The Kier molecular flexibility index (Phi) is 3.66. The molecule has 3 aromatic rings. The van der Waals surface area contributed by atoms with Gasteiger partial charge in [0.05, 0.1) is 0 Å². The van der Waals surface area contributed by atoms with Crippen molar-refractivity contribution >= 4 is 39.7 Å². The number of hydrogen-bond donors (Lipinski definition) is 2. The molecule has 0 radical (unpaired) electrons. The summed E-state index contributed by atoms with van der Waals surface area (Å²) >= 11 is 2.81. The molecule has 0 aliphatic heterocycles. The van der Waals surface area contributed by atoms with Crippen molar-refractivity contribution in [3.05, 3.63) is 41.5 Å². The van der Waals surface area contributed by atoms with Crippen LogP contribution in [0.1, 0.15) is 0 Å². The molecular weight excluding hydrogens is 294 g/mol. The predicted octanol–water partition coefficient (Wildman–Crippen LogP) is 3.31. The van der Waals surface area contributed by atoms with Crippen molar-refractivity contribution in [2.24, 2.45) is 0 Å². The molecule has 0 fully saturated rings. The van der Waals surface area contributed by atoms with E-state index in [1.165, 1.54) is 22.7 Å². The summed E-state index contributed by atoms with van der Waals surface area (Å²) in [5.41, 5.74) is 0.971. The lowest BCUT2D eigenvalue weighted by atomic mass is 10.3. The predicted molar refractivity (Wildman–Crippen MR) is 80.1 cm³/mol. The number of amides is 2. The van der Waals surface area contributed by atoms with E-state index in [1.807, 2.05) is 12.1 Å². The smallest absolute Gasteiger partial charge is 0.291 e. The van der Waals surface area contributed by atoms with Gasteiger partial charge in [0.1, 0.15) is 10.8 Å². The molecular formula is C12H9N5OS2. The second kappa shape index (κ2) is 5.76. The first-order valence-corrected chi connectivity index (χ1v) is 7.40. The lowest BCUT2D eigenvalue weighted by Crippen LogP contribution is -2.19. The Labute approximate surface area is 122 Å². The Balaban J connectivity index is 1.67. The lowest BCUT2D eigenvalue weighted by Gasteiger charge is -2.01. The minimum atomic E-state index is -0.355. The van der Waals surface area contributed by atoms with E-state index in [-0.39, 0.29) is 6.03 Å². The first-order valence-electron chi connectivity index (χ1n) is 5.65. The highest BCUT2D eigenvalue weighted by Gasteiger charge is 2.08. The summed E-state index contributed by atoms with van der Waals surface area (Å²) in [6, 6.07) is 3.39. The molecule has 2 amide bonds. The molecule has 0 bridgehead atoms. The van der Waals surface area contributed by atoms with E-state index in [0.717, 1.165) is 10.6 Å². The third kappa shape index (κ3) is 2.98. The van der Waals surface area contributed by atoms with Crippen LogP contribution in [-0.2, 0) is 0 Å². The Hall–Kier alpha value is -2.32. The van der Waals surface area contributed by atoms with Gasteiger partial charge in [0.15, 0.2) is 5.13 Å². The van der Waals surface area contributed by atoms with Gasteiger partial charge in [-0.2, -0.15) is 0 Å². The van der Waals surface area contributed by atoms with Crippen LogP contribution in [0, 0.1) is 0 Å². The Morgan fingerprint density at radius 2 is 1.95 bits per heavy atom. The van der Waals surface area contributed by atoms with E-state index in [9.17, 15) is 4.79 Å². The van der Waals surface area contributed by atoms with E-state index in [4.69, 9.17) is 0 Å². The van der Waals surface area contributed by atoms with Gasteiger partial charge in [-0.1, -0.05) is 0 Å². The highest BCUT2D eigenvalue weighted by Crippen LogP contribution is 2.25. The quantitative estimate of drug-likeness (QED) is 0.778. The summed E-state index contributed by atoms with van der Waals surface area (Å²) in [7, 11) is 0. The van der Waals surface area contributed by atoms with Crippen molar-refractivity contribution in [3.63, 3.8) is 0 Å². The molecule has 3 heterocycles. The molecule has 0 aliphatic rings. The first kappa shape index (κ1) is 12.7. The van der Waals surface area contributed by atoms with E-state index in [1.54, 1.807) is 29.4 Å². The zero-order valence-corrected chi connectivity index (χ0v) is 11.7. The number of pyridine rings is 1. The van der Waals surface area contributed by atoms with Crippen LogP contribution in [-0.4, -0.2) is 21.0 Å². The lowest BCUT2D eigenvalue weighted by molar-refractivity contribution is 0.262. The molecule has 8 heteroatoms. The maximum atomic E-state index is 11.7. The van der Waals surface area contributed by atoms with Crippen molar-refractivity contribution in [2.75, 3.05) is 10.6 Å². The molecule has 0 aliphatic carbocycles. The van der Waals surface area contributed by atoms with Crippen LogP contribution in [0.5, 0.6) is 0 Å². The molecule has 0 atom stereocenters. The van der Waals surface area contributed by atoms with Crippen molar-refractivity contribution in [1.82, 2.24) is 15.0 Å². The van der Waals surface area contributed by atoms with Crippen LogP contribution in [0.15, 0.2) is 41.5 Å². The average Bonchev–Trinajstić information content (AvgIpc) is 3.11. The molecule has 2 N–H and O–H groups in total. The molecule has 0 saturated heterocycles. The largest absolute Gasteiger partial charge is 0.326 e. The third-order valence-electron chi connectivity index (χ3n) is 2.33. The van der Waals surface area contributed by atoms with Crippen molar-refractivity contribution in [2.45, 2.75) is 0 Å². The molecule has 6 nitrogen and oxygen atoms in total. The number of carbonyl (C=O) groups excluding carboxylic acids is 1. The average molecular weight is 303 g/mol. The molecule has 20 heavy (non-hydrogen) atoms. The standard InChI is InChI=1S/C12H9N5OS2/c18-11(17-12-14-5-6-19-12)16-9-7-20-10(15-9)8-1-3-13-4-2-8/h1-7H,(H2,14,16,17,18). The van der Waals surface area contributed by atoms with Crippen LogP contribution < -0.4 is 10.6 Å². The maximum absolute atomic E-state index is 11.7. The van der Waals surface area contributed by atoms with Gasteiger partial charge < -0.3 is 0 Å². The summed E-state index contributed by atoms with van der Waals surface area (Å²) in [4.78, 5) is 24.0. The second-order valence-electron chi connectivity index (χ2n) is 3.69. The number of nitrogens with one attached hydrogen (secondary N) is 2. The van der Waals surface area contributed by atoms with E-state index < -0.39 is 0 Å². The van der Waals surface area contributed by atoms with Crippen LogP contribution in [0.25, 0.3) is 10.6 Å². The van der Waals surface area contributed by atoms with Gasteiger partial charge in [-0.25, -0.2) is 14.8 Å². The number of hydrogen-bond acceptors (Lipinski definition) is 6. The van der Waals surface area contributed by atoms with E-state index in [0.29, 0.717) is 10.9 Å². The summed E-state index contributed by atoms with van der Waals surface area (Å²) < 4.78 is 0. The third-order valence-corrected chi connectivity index (χ3v) is 3.91. The maximum Gasteiger partial charge on any atom is 0.326 e. The normalized spacial score (nSPS) is 10.2. The SMILES string of the molecule is O=C(Nc1csc(-c2ccncc2)n1)Nc1nccs1. The molecule has 0 aromatic carbocycles. The molecule has 100 valence electrons. The number of nitrogens with zero attached hydrogens (tertiary/aromatic N) is 3. The Morgan fingerprint density at radius 3 is 2.70 bits per heavy atom. The monoisotopic (exact) mass is 303 g/mol. The van der Waals surface area contributed by atoms with Gasteiger partial charge in [0.25, 0.3) is 0 Å². The Bertz CT molecular complexity index is 696.